The maximum absolute atomic E-state index is 13.6. The van der Waals surface area contributed by atoms with Gasteiger partial charge in [-0.2, -0.15) is 0 Å². The summed E-state index contributed by atoms with van der Waals surface area (Å²) in [6.07, 6.45) is 3.72. The second-order valence-corrected chi connectivity index (χ2v) is 4.47. The molecule has 3 nitrogen and oxygen atoms in total. The summed E-state index contributed by atoms with van der Waals surface area (Å²) in [4.78, 5) is 4.48. The number of fused-ring (bicyclic) bond motifs is 1. The number of rotatable bonds is 1. The number of hydrogen-bond acceptors (Lipinski definition) is 2. The number of nitrogens with zero attached hydrogens (tertiary/aromatic N) is 2. The van der Waals surface area contributed by atoms with Gasteiger partial charge in [-0.05, 0) is 18.6 Å². The Hall–Kier alpha value is -1.68. The lowest BCUT2D eigenvalue weighted by Crippen LogP contribution is -2.31. The van der Waals surface area contributed by atoms with E-state index in [4.69, 9.17) is 5.73 Å². The van der Waals surface area contributed by atoms with Crippen LogP contribution in [0, 0.1) is 5.82 Å². The lowest BCUT2D eigenvalue weighted by molar-refractivity contribution is 0.453. The second-order valence-electron chi connectivity index (χ2n) is 4.47. The summed E-state index contributed by atoms with van der Waals surface area (Å²) in [6, 6.07) is 6.90. The molecule has 1 unspecified atom stereocenters. The zero-order valence-electron chi connectivity index (χ0n) is 9.44. The predicted molar refractivity (Wildman–Crippen MR) is 63.9 cm³/mol. The van der Waals surface area contributed by atoms with Gasteiger partial charge in [0.1, 0.15) is 11.6 Å². The van der Waals surface area contributed by atoms with Crippen LogP contribution in [-0.2, 0) is 13.0 Å². The first-order valence-electron chi connectivity index (χ1n) is 5.80. The van der Waals surface area contributed by atoms with E-state index in [1.165, 1.54) is 6.07 Å². The van der Waals surface area contributed by atoms with Crippen LogP contribution in [0.4, 0.5) is 4.39 Å². The molecular formula is C13H14FN3. The van der Waals surface area contributed by atoms with Crippen LogP contribution in [0.5, 0.6) is 0 Å². The maximum atomic E-state index is 13.6. The van der Waals surface area contributed by atoms with Crippen molar-refractivity contribution in [2.45, 2.75) is 25.4 Å². The summed E-state index contributed by atoms with van der Waals surface area (Å²) in [5.74, 6) is 0.775. The van der Waals surface area contributed by atoms with Gasteiger partial charge < -0.3 is 10.3 Å². The number of halogens is 1. The highest BCUT2D eigenvalue weighted by Gasteiger charge is 2.18. The van der Waals surface area contributed by atoms with Crippen molar-refractivity contribution in [3.05, 3.63) is 42.1 Å². The van der Waals surface area contributed by atoms with Crippen LogP contribution in [0.15, 0.2) is 30.5 Å². The van der Waals surface area contributed by atoms with Gasteiger partial charge in [0.25, 0.3) is 0 Å². The van der Waals surface area contributed by atoms with E-state index < -0.39 is 0 Å². The Labute approximate surface area is 99.1 Å². The van der Waals surface area contributed by atoms with E-state index in [-0.39, 0.29) is 11.9 Å². The summed E-state index contributed by atoms with van der Waals surface area (Å²) in [5, 5.41) is 0. The largest absolute Gasteiger partial charge is 0.333 e. The minimum absolute atomic E-state index is 0.185. The van der Waals surface area contributed by atoms with Crippen molar-refractivity contribution in [1.82, 2.24) is 9.55 Å². The number of aromatic nitrogens is 2. The van der Waals surface area contributed by atoms with Crippen molar-refractivity contribution >= 4 is 0 Å². The van der Waals surface area contributed by atoms with Crippen molar-refractivity contribution in [2.24, 2.45) is 5.73 Å². The molecule has 0 amide bonds. The summed E-state index contributed by atoms with van der Waals surface area (Å²) in [5.41, 5.74) is 7.16. The standard InChI is InChI=1S/C13H14FN3/c14-11-4-2-1-3-10(11)12-8-17-7-9(15)5-6-13(17)16-12/h1-4,8-9H,5-7,15H2. The van der Waals surface area contributed by atoms with Gasteiger partial charge in [0.05, 0.1) is 5.69 Å². The fourth-order valence-corrected chi connectivity index (χ4v) is 2.27. The molecule has 17 heavy (non-hydrogen) atoms. The minimum atomic E-state index is -0.229. The molecule has 0 bridgehead atoms. The molecule has 0 saturated heterocycles. The van der Waals surface area contributed by atoms with Crippen LogP contribution in [0.25, 0.3) is 11.3 Å². The van der Waals surface area contributed by atoms with Crippen molar-refractivity contribution in [3.63, 3.8) is 0 Å². The van der Waals surface area contributed by atoms with Crippen molar-refractivity contribution in [3.8, 4) is 11.3 Å². The lowest BCUT2D eigenvalue weighted by atomic mass is 10.1. The number of hydrogen-bond donors (Lipinski definition) is 1. The Morgan fingerprint density at radius 1 is 1.35 bits per heavy atom. The third-order valence-corrected chi connectivity index (χ3v) is 3.18. The van der Waals surface area contributed by atoms with E-state index in [0.29, 0.717) is 11.3 Å². The van der Waals surface area contributed by atoms with Gasteiger partial charge in [-0.15, -0.1) is 0 Å². The average molecular weight is 231 g/mol. The predicted octanol–water partition coefficient (Wildman–Crippen LogP) is 1.96. The highest BCUT2D eigenvalue weighted by atomic mass is 19.1. The Balaban J connectivity index is 2.03. The Kier molecular flexibility index (Phi) is 2.44. The van der Waals surface area contributed by atoms with Crippen LogP contribution < -0.4 is 5.73 Å². The molecule has 0 spiro atoms. The molecule has 1 aliphatic heterocycles. The zero-order valence-corrected chi connectivity index (χ0v) is 9.44. The van der Waals surface area contributed by atoms with Gasteiger partial charge in [-0.25, -0.2) is 9.37 Å². The van der Waals surface area contributed by atoms with E-state index in [2.05, 4.69) is 4.98 Å². The van der Waals surface area contributed by atoms with Gasteiger partial charge >= 0.3 is 0 Å². The SMILES string of the molecule is NC1CCc2nc(-c3ccccc3F)cn2C1. The van der Waals surface area contributed by atoms with Crippen molar-refractivity contribution in [2.75, 3.05) is 0 Å². The molecule has 0 aliphatic carbocycles. The summed E-state index contributed by atoms with van der Waals surface area (Å²) in [6.45, 7) is 0.775. The van der Waals surface area contributed by atoms with E-state index in [1.807, 2.05) is 16.8 Å². The zero-order chi connectivity index (χ0) is 11.8. The van der Waals surface area contributed by atoms with Gasteiger partial charge in [-0.3, -0.25) is 0 Å². The normalized spacial score (nSPS) is 19.1. The highest BCUT2D eigenvalue weighted by molar-refractivity contribution is 5.59. The molecular weight excluding hydrogens is 217 g/mol. The van der Waals surface area contributed by atoms with E-state index in [0.717, 1.165) is 25.2 Å². The molecule has 88 valence electrons. The molecule has 1 atom stereocenters. The van der Waals surface area contributed by atoms with Crippen LogP contribution in [0.2, 0.25) is 0 Å². The summed E-state index contributed by atoms with van der Waals surface area (Å²) >= 11 is 0. The third-order valence-electron chi connectivity index (χ3n) is 3.18. The molecule has 1 aliphatic rings. The van der Waals surface area contributed by atoms with Gasteiger partial charge in [0.15, 0.2) is 0 Å². The van der Waals surface area contributed by atoms with Crippen LogP contribution in [0.1, 0.15) is 12.2 Å². The molecule has 1 aromatic carbocycles. The lowest BCUT2D eigenvalue weighted by Gasteiger charge is -2.19. The Bertz CT molecular complexity index is 547. The van der Waals surface area contributed by atoms with Crippen LogP contribution in [0.3, 0.4) is 0 Å². The fraction of sp³-hybridized carbons (Fsp3) is 0.308. The molecule has 0 saturated carbocycles. The van der Waals surface area contributed by atoms with Crippen molar-refractivity contribution in [1.29, 1.82) is 0 Å². The topological polar surface area (TPSA) is 43.8 Å². The third kappa shape index (κ3) is 1.85. The smallest absolute Gasteiger partial charge is 0.132 e. The first-order valence-corrected chi connectivity index (χ1v) is 5.80. The fourth-order valence-electron chi connectivity index (χ4n) is 2.27. The highest BCUT2D eigenvalue weighted by Crippen LogP contribution is 2.24. The summed E-state index contributed by atoms with van der Waals surface area (Å²) in [7, 11) is 0. The molecule has 2 aromatic rings. The van der Waals surface area contributed by atoms with Crippen molar-refractivity contribution < 1.29 is 4.39 Å². The number of aryl methyl sites for hydroxylation is 1. The molecule has 2 heterocycles. The maximum Gasteiger partial charge on any atom is 0.132 e. The number of nitrogens with two attached hydrogens (primary N) is 1. The molecule has 4 heteroatoms. The first kappa shape index (κ1) is 10.5. The van der Waals surface area contributed by atoms with E-state index in [1.54, 1.807) is 12.1 Å². The Morgan fingerprint density at radius 2 is 2.18 bits per heavy atom. The molecule has 1 aromatic heterocycles. The van der Waals surface area contributed by atoms with Gasteiger partial charge in [0, 0.05) is 30.8 Å². The molecule has 3 rings (SSSR count). The summed E-state index contributed by atoms with van der Waals surface area (Å²) < 4.78 is 15.7. The molecule has 0 fully saturated rings. The van der Waals surface area contributed by atoms with E-state index in [9.17, 15) is 4.39 Å². The van der Waals surface area contributed by atoms with E-state index >= 15 is 0 Å². The quantitative estimate of drug-likeness (QED) is 0.815. The minimum Gasteiger partial charge on any atom is -0.333 e. The van der Waals surface area contributed by atoms with Gasteiger partial charge in [-0.1, -0.05) is 12.1 Å². The average Bonchev–Trinajstić information content (AvgIpc) is 2.72. The van der Waals surface area contributed by atoms with Crippen LogP contribution >= 0.6 is 0 Å². The van der Waals surface area contributed by atoms with Gasteiger partial charge in [0.2, 0.25) is 0 Å². The monoisotopic (exact) mass is 231 g/mol. The number of benzene rings is 1. The second kappa shape index (κ2) is 3.96. The Morgan fingerprint density at radius 3 is 3.00 bits per heavy atom. The number of imidazole rings is 1. The molecule has 2 N–H and O–H groups in total. The first-order chi connectivity index (χ1) is 8.24. The van der Waals surface area contributed by atoms with Crippen LogP contribution in [-0.4, -0.2) is 15.6 Å². The molecule has 0 radical (unpaired) electrons.